The molecule has 0 spiro atoms. The van der Waals surface area contributed by atoms with Gasteiger partial charge in [-0.3, -0.25) is 9.59 Å². The summed E-state index contributed by atoms with van der Waals surface area (Å²) in [5.41, 5.74) is 0.642. The van der Waals surface area contributed by atoms with Crippen LogP contribution in [0, 0.1) is 5.82 Å². The first-order valence-corrected chi connectivity index (χ1v) is 4.51. The van der Waals surface area contributed by atoms with Gasteiger partial charge < -0.3 is 10.6 Å². The number of nitrogens with one attached hydrogen (secondary N) is 2. The molecule has 2 rings (SSSR count). The van der Waals surface area contributed by atoms with Crippen LogP contribution in [0.2, 0.25) is 0 Å². The summed E-state index contributed by atoms with van der Waals surface area (Å²) in [6.45, 7) is 0.286. The van der Waals surface area contributed by atoms with Gasteiger partial charge in [-0.05, 0) is 17.7 Å². The Kier molecular flexibility index (Phi) is 2.37. The van der Waals surface area contributed by atoms with Gasteiger partial charge in [-0.15, -0.1) is 0 Å². The highest BCUT2D eigenvalue weighted by Crippen LogP contribution is 2.14. The van der Waals surface area contributed by atoms with Gasteiger partial charge in [-0.1, -0.05) is 12.1 Å². The Labute approximate surface area is 85.5 Å². The monoisotopic (exact) mass is 208 g/mol. The normalized spacial score (nSPS) is 20.7. The van der Waals surface area contributed by atoms with Gasteiger partial charge in [0.15, 0.2) is 0 Å². The molecule has 1 unspecified atom stereocenters. The van der Waals surface area contributed by atoms with Crippen LogP contribution in [-0.2, 0) is 9.59 Å². The van der Waals surface area contributed by atoms with Gasteiger partial charge in [-0.25, -0.2) is 4.39 Å². The molecule has 2 amide bonds. The first kappa shape index (κ1) is 9.64. The molecule has 78 valence electrons. The maximum Gasteiger partial charge on any atom is 0.309 e. The van der Waals surface area contributed by atoms with Crippen molar-refractivity contribution >= 4 is 11.8 Å². The first-order chi connectivity index (χ1) is 7.16. The summed E-state index contributed by atoms with van der Waals surface area (Å²) in [4.78, 5) is 21.9. The highest BCUT2D eigenvalue weighted by molar-refractivity contribution is 6.35. The van der Waals surface area contributed by atoms with Gasteiger partial charge in [-0.2, -0.15) is 0 Å². The molecule has 0 aliphatic carbocycles. The molecule has 1 aliphatic heterocycles. The van der Waals surface area contributed by atoms with Crippen LogP contribution in [0.5, 0.6) is 0 Å². The number of carbonyl (C=O) groups excluding carboxylic acids is 2. The fraction of sp³-hybridized carbons (Fsp3) is 0.200. The highest BCUT2D eigenvalue weighted by atomic mass is 19.1. The molecule has 1 atom stereocenters. The van der Waals surface area contributed by atoms with E-state index in [9.17, 15) is 14.0 Å². The van der Waals surface area contributed by atoms with Crippen molar-refractivity contribution in [2.75, 3.05) is 6.54 Å². The fourth-order valence-electron chi connectivity index (χ4n) is 1.47. The van der Waals surface area contributed by atoms with E-state index in [1.807, 2.05) is 0 Å². The van der Waals surface area contributed by atoms with Gasteiger partial charge in [0.2, 0.25) is 0 Å². The van der Waals surface area contributed by atoms with Crippen molar-refractivity contribution in [3.63, 3.8) is 0 Å². The zero-order valence-electron chi connectivity index (χ0n) is 7.79. The van der Waals surface area contributed by atoms with Crippen molar-refractivity contribution in [1.82, 2.24) is 10.6 Å². The maximum absolute atomic E-state index is 12.9. The number of hydrogen-bond donors (Lipinski definition) is 2. The summed E-state index contributed by atoms with van der Waals surface area (Å²) in [7, 11) is 0. The van der Waals surface area contributed by atoms with Crippen LogP contribution >= 0.6 is 0 Å². The molecule has 0 bridgehead atoms. The van der Waals surface area contributed by atoms with Crippen LogP contribution in [0.1, 0.15) is 11.6 Å². The number of amides is 2. The lowest BCUT2D eigenvalue weighted by atomic mass is 10.1. The quantitative estimate of drug-likeness (QED) is 0.644. The zero-order chi connectivity index (χ0) is 10.8. The second kappa shape index (κ2) is 3.68. The van der Waals surface area contributed by atoms with E-state index in [4.69, 9.17) is 0 Å². The third-order valence-electron chi connectivity index (χ3n) is 2.23. The van der Waals surface area contributed by atoms with Gasteiger partial charge in [0.1, 0.15) is 5.82 Å². The molecule has 1 fully saturated rings. The lowest BCUT2D eigenvalue weighted by Gasteiger charge is -2.23. The summed E-state index contributed by atoms with van der Waals surface area (Å²) in [5, 5.41) is 4.92. The molecular weight excluding hydrogens is 199 g/mol. The molecule has 0 radical (unpaired) electrons. The molecule has 1 saturated heterocycles. The Hall–Kier alpha value is -1.91. The van der Waals surface area contributed by atoms with Crippen molar-refractivity contribution in [3.05, 3.63) is 35.6 Å². The Morgan fingerprint density at radius 1 is 1.27 bits per heavy atom. The fourth-order valence-corrected chi connectivity index (χ4v) is 1.47. The number of benzene rings is 1. The lowest BCUT2D eigenvalue weighted by Crippen LogP contribution is -2.51. The second-order valence-corrected chi connectivity index (χ2v) is 3.29. The van der Waals surface area contributed by atoms with Crippen molar-refractivity contribution < 1.29 is 14.0 Å². The SMILES string of the molecule is O=C1NCC(c2cccc(F)c2)NC1=O. The van der Waals surface area contributed by atoms with E-state index in [0.717, 1.165) is 0 Å². The third kappa shape index (κ3) is 1.96. The molecule has 1 aliphatic rings. The molecule has 0 aromatic heterocycles. The molecule has 2 N–H and O–H groups in total. The van der Waals surface area contributed by atoms with Crippen LogP contribution in [-0.4, -0.2) is 18.4 Å². The topological polar surface area (TPSA) is 58.2 Å². The van der Waals surface area contributed by atoms with Crippen LogP contribution < -0.4 is 10.6 Å². The summed E-state index contributed by atoms with van der Waals surface area (Å²) in [6, 6.07) is 5.57. The molecule has 1 aromatic carbocycles. The van der Waals surface area contributed by atoms with Crippen molar-refractivity contribution in [2.24, 2.45) is 0 Å². The Bertz CT molecular complexity index is 420. The predicted octanol–water partition coefficient (Wildman–Crippen LogP) is 0.113. The Morgan fingerprint density at radius 2 is 2.07 bits per heavy atom. The van der Waals surface area contributed by atoms with E-state index < -0.39 is 11.8 Å². The molecule has 5 heteroatoms. The third-order valence-corrected chi connectivity index (χ3v) is 2.23. The average Bonchev–Trinajstić information content (AvgIpc) is 2.22. The van der Waals surface area contributed by atoms with E-state index >= 15 is 0 Å². The van der Waals surface area contributed by atoms with Crippen LogP contribution in [0.3, 0.4) is 0 Å². The van der Waals surface area contributed by atoms with E-state index in [1.54, 1.807) is 12.1 Å². The van der Waals surface area contributed by atoms with Crippen molar-refractivity contribution in [3.8, 4) is 0 Å². The van der Waals surface area contributed by atoms with Gasteiger partial charge >= 0.3 is 11.8 Å². The first-order valence-electron chi connectivity index (χ1n) is 4.51. The Balaban J connectivity index is 2.19. The zero-order valence-corrected chi connectivity index (χ0v) is 7.79. The maximum atomic E-state index is 12.9. The summed E-state index contributed by atoms with van der Waals surface area (Å²) in [6.07, 6.45) is 0. The van der Waals surface area contributed by atoms with Crippen LogP contribution in [0.4, 0.5) is 4.39 Å². The van der Waals surface area contributed by atoms with Crippen molar-refractivity contribution in [1.29, 1.82) is 0 Å². The molecule has 15 heavy (non-hydrogen) atoms. The largest absolute Gasteiger partial charge is 0.345 e. The number of halogens is 1. The minimum absolute atomic E-state index is 0.286. The summed E-state index contributed by atoms with van der Waals surface area (Å²) in [5.74, 6) is -1.70. The number of piperazine rings is 1. The molecular formula is C10H9FN2O2. The van der Waals surface area contributed by atoms with E-state index in [1.165, 1.54) is 12.1 Å². The standard InChI is InChI=1S/C10H9FN2O2/c11-7-3-1-2-6(4-7)8-5-12-9(14)10(15)13-8/h1-4,8H,5H2,(H,12,14)(H,13,15). The minimum Gasteiger partial charge on any atom is -0.345 e. The van der Waals surface area contributed by atoms with E-state index in [2.05, 4.69) is 10.6 Å². The number of rotatable bonds is 1. The lowest BCUT2D eigenvalue weighted by molar-refractivity contribution is -0.141. The minimum atomic E-state index is -0.685. The smallest absolute Gasteiger partial charge is 0.309 e. The summed E-state index contributed by atoms with van der Waals surface area (Å²) >= 11 is 0. The number of carbonyl (C=O) groups is 2. The molecule has 1 heterocycles. The van der Waals surface area contributed by atoms with Crippen molar-refractivity contribution in [2.45, 2.75) is 6.04 Å². The van der Waals surface area contributed by atoms with Crippen LogP contribution in [0.15, 0.2) is 24.3 Å². The molecule has 0 saturated carbocycles. The molecule has 1 aromatic rings. The predicted molar refractivity (Wildman–Crippen MR) is 50.3 cm³/mol. The van der Waals surface area contributed by atoms with E-state index in [0.29, 0.717) is 5.56 Å². The average molecular weight is 208 g/mol. The Morgan fingerprint density at radius 3 is 2.73 bits per heavy atom. The van der Waals surface area contributed by atoms with Gasteiger partial charge in [0, 0.05) is 6.54 Å². The molecule has 4 nitrogen and oxygen atoms in total. The van der Waals surface area contributed by atoms with E-state index in [-0.39, 0.29) is 18.4 Å². The van der Waals surface area contributed by atoms with Crippen LogP contribution in [0.25, 0.3) is 0 Å². The van der Waals surface area contributed by atoms with Gasteiger partial charge in [0.25, 0.3) is 0 Å². The van der Waals surface area contributed by atoms with Gasteiger partial charge in [0.05, 0.1) is 6.04 Å². The highest BCUT2D eigenvalue weighted by Gasteiger charge is 2.25. The summed E-state index contributed by atoms with van der Waals surface area (Å²) < 4.78 is 12.9. The number of hydrogen-bond acceptors (Lipinski definition) is 2. The second-order valence-electron chi connectivity index (χ2n) is 3.29.